The Bertz CT molecular complexity index is 1610. The van der Waals surface area contributed by atoms with E-state index in [-0.39, 0.29) is 42.8 Å². The zero-order valence-corrected chi connectivity index (χ0v) is 30.5. The van der Waals surface area contributed by atoms with Crippen LogP contribution in [0.4, 0.5) is 10.5 Å². The number of nitrogens with one attached hydrogen (secondary N) is 5. The van der Waals surface area contributed by atoms with Gasteiger partial charge in [0.05, 0.1) is 13.7 Å². The number of carbonyl (C=O) groups is 6. The first-order chi connectivity index (χ1) is 24.2. The lowest BCUT2D eigenvalue weighted by molar-refractivity contribution is -0.133. The third-order valence-electron chi connectivity index (χ3n) is 9.12. The number of rotatable bonds is 8. The molecule has 2 aromatic rings. The SMILES string of the molecule is COc1ccc(C[C@@H]2NC(=O)[C@H](CC(C)C)NC(=O)CN(C(=O)c3ccc(C)c(N4CCNC4=O)c3)C[C@H](C(C)C)NC(=O)[C@@H](C)NC2=O)cc1. The Morgan fingerprint density at radius 2 is 1.57 bits per heavy atom. The molecule has 5 N–H and O–H groups in total. The maximum Gasteiger partial charge on any atom is 0.322 e. The van der Waals surface area contributed by atoms with Gasteiger partial charge in [-0.3, -0.25) is 28.9 Å². The van der Waals surface area contributed by atoms with Crippen molar-refractivity contribution in [2.24, 2.45) is 11.8 Å². The van der Waals surface area contributed by atoms with E-state index in [4.69, 9.17) is 4.74 Å². The lowest BCUT2D eigenvalue weighted by Gasteiger charge is -2.31. The summed E-state index contributed by atoms with van der Waals surface area (Å²) in [5.41, 5.74) is 2.38. The van der Waals surface area contributed by atoms with Gasteiger partial charge in [-0.05, 0) is 67.5 Å². The number of benzene rings is 2. The molecular formula is C37H51N7O7. The first kappa shape index (κ1) is 38.7. The number of amides is 7. The Morgan fingerprint density at radius 3 is 2.18 bits per heavy atom. The number of ether oxygens (including phenoxy) is 1. The van der Waals surface area contributed by atoms with Crippen molar-refractivity contribution in [1.82, 2.24) is 31.5 Å². The molecule has 2 fully saturated rings. The van der Waals surface area contributed by atoms with Gasteiger partial charge in [-0.2, -0.15) is 0 Å². The molecule has 2 aromatic carbocycles. The highest BCUT2D eigenvalue weighted by Gasteiger charge is 2.33. The zero-order chi connectivity index (χ0) is 37.4. The molecule has 4 atom stereocenters. The predicted octanol–water partition coefficient (Wildman–Crippen LogP) is 1.89. The van der Waals surface area contributed by atoms with E-state index in [1.165, 1.54) is 4.90 Å². The summed E-state index contributed by atoms with van der Waals surface area (Å²) in [4.78, 5) is 84.3. The van der Waals surface area contributed by atoms with Crippen molar-refractivity contribution in [2.45, 2.75) is 78.6 Å². The van der Waals surface area contributed by atoms with E-state index >= 15 is 0 Å². The lowest BCUT2D eigenvalue weighted by Crippen LogP contribution is -2.57. The van der Waals surface area contributed by atoms with Crippen LogP contribution in [0, 0.1) is 18.8 Å². The van der Waals surface area contributed by atoms with E-state index in [1.54, 1.807) is 61.4 Å². The van der Waals surface area contributed by atoms with Gasteiger partial charge in [0.25, 0.3) is 5.91 Å². The van der Waals surface area contributed by atoms with Gasteiger partial charge in [0.2, 0.25) is 23.6 Å². The fraction of sp³-hybridized carbons (Fsp3) is 0.514. The molecule has 0 bridgehead atoms. The van der Waals surface area contributed by atoms with Crippen LogP contribution in [0.15, 0.2) is 42.5 Å². The number of hydrogen-bond donors (Lipinski definition) is 5. The number of carbonyl (C=O) groups excluding carboxylic acids is 6. The van der Waals surface area contributed by atoms with Crippen molar-refractivity contribution in [3.63, 3.8) is 0 Å². The van der Waals surface area contributed by atoms with Gasteiger partial charge in [0, 0.05) is 43.3 Å². The van der Waals surface area contributed by atoms with Gasteiger partial charge in [0.1, 0.15) is 23.9 Å². The molecule has 2 aliphatic heterocycles. The predicted molar refractivity (Wildman–Crippen MR) is 192 cm³/mol. The molecule has 0 saturated carbocycles. The number of anilines is 1. The second-order valence-electron chi connectivity index (χ2n) is 14.0. The minimum Gasteiger partial charge on any atom is -0.497 e. The molecule has 4 rings (SSSR count). The molecule has 0 aliphatic carbocycles. The molecule has 0 spiro atoms. The molecule has 0 unspecified atom stereocenters. The Hall–Kier alpha value is -5.14. The van der Waals surface area contributed by atoms with E-state index in [0.717, 1.165) is 11.1 Å². The first-order valence-electron chi connectivity index (χ1n) is 17.5. The molecule has 51 heavy (non-hydrogen) atoms. The fourth-order valence-electron chi connectivity index (χ4n) is 6.08. The van der Waals surface area contributed by atoms with Crippen molar-refractivity contribution in [1.29, 1.82) is 0 Å². The van der Waals surface area contributed by atoms with Crippen LogP contribution >= 0.6 is 0 Å². The van der Waals surface area contributed by atoms with Crippen molar-refractivity contribution in [3.8, 4) is 5.75 Å². The molecule has 0 aromatic heterocycles. The summed E-state index contributed by atoms with van der Waals surface area (Å²) < 4.78 is 5.24. The molecule has 7 amide bonds. The molecule has 14 heteroatoms. The Labute approximate surface area is 299 Å². The molecule has 2 aliphatic rings. The number of nitrogens with zero attached hydrogens (tertiary/aromatic N) is 2. The van der Waals surface area contributed by atoms with Crippen LogP contribution in [0.25, 0.3) is 0 Å². The minimum absolute atomic E-state index is 0.00401. The van der Waals surface area contributed by atoms with Crippen LogP contribution in [-0.2, 0) is 25.6 Å². The highest BCUT2D eigenvalue weighted by atomic mass is 16.5. The maximum atomic E-state index is 14.2. The second kappa shape index (κ2) is 17.2. The Kier molecular flexibility index (Phi) is 13.0. The average molecular weight is 706 g/mol. The van der Waals surface area contributed by atoms with E-state index in [1.807, 2.05) is 34.6 Å². The van der Waals surface area contributed by atoms with Crippen molar-refractivity contribution >= 4 is 41.3 Å². The normalized spacial score (nSPS) is 22.4. The molecule has 276 valence electrons. The van der Waals surface area contributed by atoms with Gasteiger partial charge in [0.15, 0.2) is 0 Å². The minimum atomic E-state index is -1.06. The van der Waals surface area contributed by atoms with Crippen molar-refractivity contribution < 1.29 is 33.5 Å². The van der Waals surface area contributed by atoms with Crippen LogP contribution in [0.3, 0.4) is 0 Å². The van der Waals surface area contributed by atoms with Gasteiger partial charge >= 0.3 is 6.03 Å². The summed E-state index contributed by atoms with van der Waals surface area (Å²) in [6, 6.07) is 8.16. The summed E-state index contributed by atoms with van der Waals surface area (Å²) in [7, 11) is 1.55. The fourth-order valence-corrected chi connectivity index (χ4v) is 6.08. The van der Waals surface area contributed by atoms with E-state index < -0.39 is 60.2 Å². The average Bonchev–Trinajstić information content (AvgIpc) is 3.51. The van der Waals surface area contributed by atoms with E-state index in [9.17, 15) is 28.8 Å². The van der Waals surface area contributed by atoms with Gasteiger partial charge in [-0.25, -0.2) is 4.79 Å². The van der Waals surface area contributed by atoms with Gasteiger partial charge < -0.3 is 36.2 Å². The monoisotopic (exact) mass is 705 g/mol. The standard InChI is InChI=1S/C37H51N7O7/c1-21(2)16-28-35(48)41-29(17-25-9-12-27(51-7)13-10-25)34(47)39-24(6)33(46)42-30(22(3)4)19-43(20-32(45)40-28)36(49)26-11-8-23(5)31(18-26)44-15-14-38-37(44)50/h8-13,18,21-22,24,28-30H,14-17,19-20H2,1-7H3,(H,38,50)(H,39,47)(H,40,45)(H,41,48)(H,42,46)/t24-,28+,29+,30-/m1/s1. The molecule has 0 radical (unpaired) electrons. The third-order valence-corrected chi connectivity index (χ3v) is 9.12. The van der Waals surface area contributed by atoms with Crippen molar-refractivity contribution in [2.75, 3.05) is 38.2 Å². The van der Waals surface area contributed by atoms with Crippen LogP contribution in [0.2, 0.25) is 0 Å². The summed E-state index contributed by atoms with van der Waals surface area (Å²) in [6.07, 6.45) is 0.388. The molecule has 2 saturated heterocycles. The third kappa shape index (κ3) is 10.2. The second-order valence-corrected chi connectivity index (χ2v) is 14.0. The summed E-state index contributed by atoms with van der Waals surface area (Å²) >= 11 is 0. The molecule has 2 heterocycles. The smallest absolute Gasteiger partial charge is 0.322 e. The van der Waals surface area contributed by atoms with Crippen LogP contribution in [0.5, 0.6) is 5.75 Å². The quantitative estimate of drug-likeness (QED) is 0.279. The van der Waals surface area contributed by atoms with Crippen LogP contribution < -0.4 is 36.2 Å². The van der Waals surface area contributed by atoms with Crippen LogP contribution in [0.1, 0.15) is 62.5 Å². The molecule has 14 nitrogen and oxygen atoms in total. The van der Waals surface area contributed by atoms with Gasteiger partial charge in [-0.1, -0.05) is 45.9 Å². The Balaban J connectivity index is 1.69. The van der Waals surface area contributed by atoms with E-state index in [2.05, 4.69) is 26.6 Å². The topological polar surface area (TPSA) is 178 Å². The van der Waals surface area contributed by atoms with Crippen LogP contribution in [-0.4, -0.2) is 97.9 Å². The highest BCUT2D eigenvalue weighted by Crippen LogP contribution is 2.24. The maximum absolute atomic E-state index is 14.2. The largest absolute Gasteiger partial charge is 0.497 e. The summed E-state index contributed by atoms with van der Waals surface area (Å²) in [6.45, 7) is 11.5. The zero-order valence-electron chi connectivity index (χ0n) is 30.5. The molecular weight excluding hydrogens is 654 g/mol. The number of hydrogen-bond acceptors (Lipinski definition) is 7. The summed E-state index contributed by atoms with van der Waals surface area (Å²) in [5, 5.41) is 14.1. The number of methoxy groups -OCH3 is 1. The number of urea groups is 1. The van der Waals surface area contributed by atoms with E-state index in [0.29, 0.717) is 24.5 Å². The van der Waals surface area contributed by atoms with Crippen molar-refractivity contribution in [3.05, 3.63) is 59.2 Å². The van der Waals surface area contributed by atoms with Gasteiger partial charge in [-0.15, -0.1) is 0 Å². The lowest BCUT2D eigenvalue weighted by atomic mass is 10.0. The highest BCUT2D eigenvalue weighted by molar-refractivity contribution is 6.01. The number of aryl methyl sites for hydroxylation is 1. The summed E-state index contributed by atoms with van der Waals surface area (Å²) in [5.74, 6) is -2.23. The first-order valence-corrected chi connectivity index (χ1v) is 17.5. The Morgan fingerprint density at radius 1 is 0.882 bits per heavy atom.